The lowest BCUT2D eigenvalue weighted by atomic mass is 10.2. The van der Waals surface area contributed by atoms with Crippen LogP contribution in [0.15, 0.2) is 41.3 Å². The van der Waals surface area contributed by atoms with Crippen LogP contribution in [0.25, 0.3) is 10.8 Å². The molecule has 0 unspecified atom stereocenters. The predicted octanol–water partition coefficient (Wildman–Crippen LogP) is 2.80. The summed E-state index contributed by atoms with van der Waals surface area (Å²) in [7, 11) is 0. The minimum atomic E-state index is 0.0992. The third-order valence-electron chi connectivity index (χ3n) is 2.61. The fourth-order valence-corrected chi connectivity index (χ4v) is 1.71. The second-order valence-electron chi connectivity index (χ2n) is 3.79. The van der Waals surface area contributed by atoms with Crippen molar-refractivity contribution in [3.63, 3.8) is 0 Å². The maximum atomic E-state index is 11.7. The van der Waals surface area contributed by atoms with Gasteiger partial charge in [-0.05, 0) is 17.2 Å². The highest BCUT2D eigenvalue weighted by atomic mass is 16.1. The molecule has 2 rings (SSSR count). The Morgan fingerprint density at radius 1 is 1.20 bits per heavy atom. The number of hydrogen-bond acceptors (Lipinski definition) is 1. The molecule has 2 nitrogen and oxygen atoms in total. The number of unbranched alkanes of at least 4 members (excludes halogenated alkanes) is 1. The lowest BCUT2D eigenvalue weighted by Crippen LogP contribution is -2.18. The lowest BCUT2D eigenvalue weighted by Gasteiger charge is -2.05. The molecule has 0 amide bonds. The van der Waals surface area contributed by atoms with Gasteiger partial charge in [-0.3, -0.25) is 4.79 Å². The molecule has 0 radical (unpaired) electrons. The van der Waals surface area contributed by atoms with Gasteiger partial charge in [-0.25, -0.2) is 0 Å². The SMILES string of the molecule is CCCCn1cc2ccccc2cc1=O. The predicted molar refractivity (Wildman–Crippen MR) is 63.1 cm³/mol. The van der Waals surface area contributed by atoms with Crippen LogP contribution in [0.2, 0.25) is 0 Å². The minimum Gasteiger partial charge on any atom is -0.315 e. The maximum Gasteiger partial charge on any atom is 0.251 e. The normalized spacial score (nSPS) is 10.7. The molecule has 0 aliphatic heterocycles. The van der Waals surface area contributed by atoms with Crippen LogP contribution < -0.4 is 5.56 Å². The summed E-state index contributed by atoms with van der Waals surface area (Å²) in [5, 5.41) is 2.16. The van der Waals surface area contributed by atoms with Crippen molar-refractivity contribution >= 4 is 10.8 Å². The van der Waals surface area contributed by atoms with Gasteiger partial charge >= 0.3 is 0 Å². The Morgan fingerprint density at radius 2 is 1.93 bits per heavy atom. The van der Waals surface area contributed by atoms with Gasteiger partial charge in [-0.2, -0.15) is 0 Å². The number of aryl methyl sites for hydroxylation is 1. The van der Waals surface area contributed by atoms with Gasteiger partial charge in [0.05, 0.1) is 0 Å². The molecule has 0 aliphatic rings. The van der Waals surface area contributed by atoms with E-state index >= 15 is 0 Å². The highest BCUT2D eigenvalue weighted by Crippen LogP contribution is 2.10. The van der Waals surface area contributed by atoms with Crippen LogP contribution in [0, 0.1) is 0 Å². The van der Waals surface area contributed by atoms with E-state index in [9.17, 15) is 4.79 Å². The third kappa shape index (κ3) is 2.09. The topological polar surface area (TPSA) is 22.0 Å². The van der Waals surface area contributed by atoms with Gasteiger partial charge < -0.3 is 4.57 Å². The Hall–Kier alpha value is -1.57. The molecule has 2 heteroatoms. The van der Waals surface area contributed by atoms with E-state index in [1.807, 2.05) is 30.5 Å². The van der Waals surface area contributed by atoms with Gasteiger partial charge in [0.15, 0.2) is 0 Å². The van der Waals surface area contributed by atoms with E-state index in [2.05, 4.69) is 6.92 Å². The minimum absolute atomic E-state index is 0.0992. The van der Waals surface area contributed by atoms with E-state index in [0.717, 1.165) is 30.2 Å². The number of benzene rings is 1. The molecule has 0 saturated carbocycles. The molecular formula is C13H15NO. The maximum absolute atomic E-state index is 11.7. The van der Waals surface area contributed by atoms with Crippen LogP contribution in [0.1, 0.15) is 19.8 Å². The van der Waals surface area contributed by atoms with E-state index in [4.69, 9.17) is 0 Å². The van der Waals surface area contributed by atoms with Crippen molar-refractivity contribution in [3.05, 3.63) is 46.9 Å². The number of pyridine rings is 1. The molecule has 0 saturated heterocycles. The van der Waals surface area contributed by atoms with Crippen LogP contribution in [-0.2, 0) is 6.54 Å². The Labute approximate surface area is 89.2 Å². The smallest absolute Gasteiger partial charge is 0.251 e. The zero-order valence-corrected chi connectivity index (χ0v) is 8.94. The van der Waals surface area contributed by atoms with Gasteiger partial charge in [0.1, 0.15) is 0 Å². The summed E-state index contributed by atoms with van der Waals surface area (Å²) in [5.41, 5.74) is 0.0992. The first-order valence-corrected chi connectivity index (χ1v) is 5.40. The fraction of sp³-hybridized carbons (Fsp3) is 0.308. The molecule has 78 valence electrons. The largest absolute Gasteiger partial charge is 0.315 e. The summed E-state index contributed by atoms with van der Waals surface area (Å²) in [6.45, 7) is 2.95. The summed E-state index contributed by atoms with van der Waals surface area (Å²) < 4.78 is 1.80. The highest BCUT2D eigenvalue weighted by molar-refractivity contribution is 5.81. The number of aromatic nitrogens is 1. The number of nitrogens with zero attached hydrogens (tertiary/aromatic N) is 1. The van der Waals surface area contributed by atoms with Crippen molar-refractivity contribution in [1.29, 1.82) is 0 Å². The zero-order valence-electron chi connectivity index (χ0n) is 8.94. The van der Waals surface area contributed by atoms with Crippen LogP contribution in [0.3, 0.4) is 0 Å². The van der Waals surface area contributed by atoms with Gasteiger partial charge in [-0.15, -0.1) is 0 Å². The summed E-state index contributed by atoms with van der Waals surface area (Å²) in [5.74, 6) is 0. The second kappa shape index (κ2) is 4.30. The van der Waals surface area contributed by atoms with E-state index in [1.54, 1.807) is 10.6 Å². The van der Waals surface area contributed by atoms with Crippen molar-refractivity contribution in [2.45, 2.75) is 26.3 Å². The monoisotopic (exact) mass is 201 g/mol. The summed E-state index contributed by atoms with van der Waals surface area (Å²) in [6.07, 6.45) is 4.12. The van der Waals surface area contributed by atoms with Gasteiger partial charge in [0.25, 0.3) is 5.56 Å². The van der Waals surface area contributed by atoms with E-state index < -0.39 is 0 Å². The summed E-state index contributed by atoms with van der Waals surface area (Å²) >= 11 is 0. The first-order valence-electron chi connectivity index (χ1n) is 5.40. The molecule has 2 aromatic rings. The molecule has 0 atom stereocenters. The molecule has 0 N–H and O–H groups in total. The average Bonchev–Trinajstić information content (AvgIpc) is 2.26. The Bertz CT molecular complexity index is 513. The number of fused-ring (bicyclic) bond motifs is 1. The second-order valence-corrected chi connectivity index (χ2v) is 3.79. The Kier molecular flexibility index (Phi) is 2.86. The van der Waals surface area contributed by atoms with E-state index in [0.29, 0.717) is 0 Å². The third-order valence-corrected chi connectivity index (χ3v) is 2.61. The van der Waals surface area contributed by atoms with Crippen LogP contribution in [0.4, 0.5) is 0 Å². The molecule has 0 spiro atoms. The van der Waals surface area contributed by atoms with Gasteiger partial charge in [0, 0.05) is 18.8 Å². The van der Waals surface area contributed by atoms with Crippen LogP contribution >= 0.6 is 0 Å². The van der Waals surface area contributed by atoms with E-state index in [-0.39, 0.29) is 5.56 Å². The molecule has 1 heterocycles. The van der Waals surface area contributed by atoms with Gasteiger partial charge in [-0.1, -0.05) is 37.6 Å². The molecule has 15 heavy (non-hydrogen) atoms. The molecular weight excluding hydrogens is 186 g/mol. The van der Waals surface area contributed by atoms with Crippen LogP contribution in [0.5, 0.6) is 0 Å². The first kappa shape index (κ1) is 9.97. The average molecular weight is 201 g/mol. The number of hydrogen-bond donors (Lipinski definition) is 0. The Morgan fingerprint density at radius 3 is 2.67 bits per heavy atom. The molecule has 0 aliphatic carbocycles. The Balaban J connectivity index is 2.48. The fourth-order valence-electron chi connectivity index (χ4n) is 1.71. The van der Waals surface area contributed by atoms with Crippen molar-refractivity contribution < 1.29 is 0 Å². The molecule has 1 aromatic heterocycles. The van der Waals surface area contributed by atoms with Crippen molar-refractivity contribution in [3.8, 4) is 0 Å². The molecule has 1 aromatic carbocycles. The van der Waals surface area contributed by atoms with E-state index in [1.165, 1.54) is 0 Å². The van der Waals surface area contributed by atoms with Crippen molar-refractivity contribution in [1.82, 2.24) is 4.57 Å². The summed E-state index contributed by atoms with van der Waals surface area (Å²) in [6, 6.07) is 9.68. The van der Waals surface area contributed by atoms with Crippen molar-refractivity contribution in [2.75, 3.05) is 0 Å². The lowest BCUT2D eigenvalue weighted by molar-refractivity contribution is 0.616. The van der Waals surface area contributed by atoms with Crippen LogP contribution in [-0.4, -0.2) is 4.57 Å². The zero-order chi connectivity index (χ0) is 10.7. The number of rotatable bonds is 3. The summed E-state index contributed by atoms with van der Waals surface area (Å²) in [4.78, 5) is 11.7. The van der Waals surface area contributed by atoms with Crippen molar-refractivity contribution in [2.24, 2.45) is 0 Å². The molecule has 0 bridgehead atoms. The standard InChI is InChI=1S/C13H15NO/c1-2-3-8-14-10-12-7-5-4-6-11(12)9-13(14)15/h4-7,9-10H,2-3,8H2,1H3. The quantitative estimate of drug-likeness (QED) is 0.748. The first-order chi connectivity index (χ1) is 7.31. The highest BCUT2D eigenvalue weighted by Gasteiger charge is 1.98. The van der Waals surface area contributed by atoms with Gasteiger partial charge in [0.2, 0.25) is 0 Å². The molecule has 0 fully saturated rings.